The van der Waals surface area contributed by atoms with E-state index in [1.54, 1.807) is 0 Å². The molecule has 1 unspecified atom stereocenters. The zero-order valence-electron chi connectivity index (χ0n) is 18.6. The van der Waals surface area contributed by atoms with E-state index in [0.717, 1.165) is 35.7 Å². The highest BCUT2D eigenvalue weighted by molar-refractivity contribution is 8.01. The van der Waals surface area contributed by atoms with E-state index in [4.69, 9.17) is 0 Å². The molecule has 1 atom stereocenters. The van der Waals surface area contributed by atoms with E-state index >= 15 is 0 Å². The molecule has 2 fully saturated rings. The molecule has 12 heteroatoms. The number of carbonyl (C=O) groups excluding carboxylic acids is 2. The molecular weight excluding hydrogens is 486 g/mol. The van der Waals surface area contributed by atoms with Gasteiger partial charge in [-0.2, -0.15) is 5.26 Å². The van der Waals surface area contributed by atoms with Crippen molar-refractivity contribution in [3.8, 4) is 6.07 Å². The third kappa shape index (κ3) is 6.76. The van der Waals surface area contributed by atoms with Crippen LogP contribution in [0.2, 0.25) is 0 Å². The first-order valence-corrected chi connectivity index (χ1v) is 13.2. The van der Waals surface area contributed by atoms with Crippen LogP contribution < -0.4 is 10.6 Å². The van der Waals surface area contributed by atoms with Gasteiger partial charge in [0, 0.05) is 24.5 Å². The number of urea groups is 1. The Morgan fingerprint density at radius 3 is 2.61 bits per heavy atom. The number of nitrogens with one attached hydrogen (secondary N) is 2. The number of benzene rings is 1. The molecule has 0 radical (unpaired) electrons. The third-order valence-electron chi connectivity index (χ3n) is 5.57. The van der Waals surface area contributed by atoms with Gasteiger partial charge in [-0.1, -0.05) is 13.3 Å². The summed E-state index contributed by atoms with van der Waals surface area (Å²) < 4.78 is 27.1. The Hall–Kier alpha value is -2.00. The number of halogens is 1. The molecule has 3 amide bonds. The number of hydrogen-bond donors (Lipinski definition) is 2. The van der Waals surface area contributed by atoms with Crippen molar-refractivity contribution in [2.45, 2.75) is 47.6 Å². The molecule has 1 aromatic rings. The summed E-state index contributed by atoms with van der Waals surface area (Å²) in [6.07, 6.45) is 4.13. The molecular formula is C21H30ClN5O4S2. The van der Waals surface area contributed by atoms with E-state index in [1.807, 2.05) is 13.0 Å². The number of nitrogens with zero attached hydrogens (tertiary/aromatic N) is 3. The fourth-order valence-electron chi connectivity index (χ4n) is 3.79. The standard InChI is InChI=1S/C21H29N5O4S2.ClH/c1-2-17(20(27)23-8-12-25-10-4-3-5-11-25)31-18-7-6-16(15-22)14-19(18)32(29,30)26-13-9-24-21(26)28;/h6-7,14,17H,2-5,8-13H2,1H3,(H,23,27)(H,24,28);1H. The Labute approximate surface area is 205 Å². The highest BCUT2D eigenvalue weighted by atomic mass is 35.5. The molecule has 2 heterocycles. The van der Waals surface area contributed by atoms with Crippen molar-refractivity contribution in [1.82, 2.24) is 19.8 Å². The van der Waals surface area contributed by atoms with Crippen molar-refractivity contribution >= 4 is 46.1 Å². The molecule has 1 aromatic carbocycles. The minimum Gasteiger partial charge on any atom is -0.354 e. The molecule has 2 saturated heterocycles. The highest BCUT2D eigenvalue weighted by Gasteiger charge is 2.35. The lowest BCUT2D eigenvalue weighted by Gasteiger charge is -2.26. The number of nitriles is 1. The normalized spacial score (nSPS) is 17.6. The van der Waals surface area contributed by atoms with Gasteiger partial charge >= 0.3 is 6.03 Å². The Kier molecular flexibility index (Phi) is 10.3. The second kappa shape index (κ2) is 12.5. The average Bonchev–Trinajstić information content (AvgIpc) is 3.24. The SMILES string of the molecule is CCC(Sc1ccc(C#N)cc1S(=O)(=O)N1CCNC1=O)C(=O)NCCN1CCCCC1.Cl. The van der Waals surface area contributed by atoms with Crippen molar-refractivity contribution in [2.75, 3.05) is 39.3 Å². The highest BCUT2D eigenvalue weighted by Crippen LogP contribution is 2.34. The van der Waals surface area contributed by atoms with Gasteiger partial charge in [-0.15, -0.1) is 24.2 Å². The topological polar surface area (TPSA) is 123 Å². The summed E-state index contributed by atoms with van der Waals surface area (Å²) in [6, 6.07) is 5.58. The van der Waals surface area contributed by atoms with Crippen LogP contribution in [0.1, 0.15) is 38.2 Å². The number of carbonyl (C=O) groups is 2. The lowest BCUT2D eigenvalue weighted by atomic mass is 10.1. The predicted octanol–water partition coefficient (Wildman–Crippen LogP) is 2.17. The molecule has 2 N–H and O–H groups in total. The van der Waals surface area contributed by atoms with Crippen LogP contribution in [-0.2, 0) is 14.8 Å². The van der Waals surface area contributed by atoms with Crippen LogP contribution in [0.15, 0.2) is 28.0 Å². The Morgan fingerprint density at radius 1 is 1.27 bits per heavy atom. The number of sulfonamides is 1. The summed E-state index contributed by atoms with van der Waals surface area (Å²) >= 11 is 1.14. The van der Waals surface area contributed by atoms with Gasteiger partial charge in [-0.3, -0.25) is 4.79 Å². The largest absolute Gasteiger partial charge is 0.354 e. The zero-order chi connectivity index (χ0) is 23.1. The lowest BCUT2D eigenvalue weighted by Crippen LogP contribution is -2.40. The number of amides is 3. The summed E-state index contributed by atoms with van der Waals surface area (Å²) in [4.78, 5) is 27.3. The van der Waals surface area contributed by atoms with Gasteiger partial charge < -0.3 is 15.5 Å². The van der Waals surface area contributed by atoms with Crippen molar-refractivity contribution in [2.24, 2.45) is 0 Å². The lowest BCUT2D eigenvalue weighted by molar-refractivity contribution is -0.120. The molecule has 2 aliphatic heterocycles. The zero-order valence-corrected chi connectivity index (χ0v) is 21.0. The van der Waals surface area contributed by atoms with Crippen LogP contribution in [0.5, 0.6) is 0 Å². The van der Waals surface area contributed by atoms with E-state index in [9.17, 15) is 23.3 Å². The van der Waals surface area contributed by atoms with Crippen molar-refractivity contribution in [3.63, 3.8) is 0 Å². The minimum atomic E-state index is -4.15. The minimum absolute atomic E-state index is 0. The van der Waals surface area contributed by atoms with Gasteiger partial charge in [0.25, 0.3) is 10.0 Å². The Balaban J connectivity index is 0.00000385. The number of rotatable bonds is 9. The first-order chi connectivity index (χ1) is 15.4. The van der Waals surface area contributed by atoms with Crippen LogP contribution >= 0.6 is 24.2 Å². The van der Waals surface area contributed by atoms with Crippen LogP contribution in [0.4, 0.5) is 4.79 Å². The maximum atomic E-state index is 13.2. The summed E-state index contributed by atoms with van der Waals surface area (Å²) in [5.74, 6) is -0.152. The van der Waals surface area contributed by atoms with E-state index < -0.39 is 21.3 Å². The van der Waals surface area contributed by atoms with Gasteiger partial charge in [0.1, 0.15) is 4.90 Å². The molecule has 9 nitrogen and oxygen atoms in total. The average molecular weight is 516 g/mol. The van der Waals surface area contributed by atoms with E-state index in [0.29, 0.717) is 17.9 Å². The number of thioether (sulfide) groups is 1. The monoisotopic (exact) mass is 515 g/mol. The molecule has 0 saturated carbocycles. The molecule has 0 aromatic heterocycles. The van der Waals surface area contributed by atoms with Gasteiger partial charge in [0.05, 0.1) is 23.4 Å². The van der Waals surface area contributed by atoms with Gasteiger partial charge in [0.2, 0.25) is 5.91 Å². The summed E-state index contributed by atoms with van der Waals surface area (Å²) in [7, 11) is -4.15. The molecule has 2 aliphatic rings. The van der Waals surface area contributed by atoms with Gasteiger partial charge in [0.15, 0.2) is 0 Å². The van der Waals surface area contributed by atoms with Crippen LogP contribution in [0.25, 0.3) is 0 Å². The fourth-order valence-corrected chi connectivity index (χ4v) is 6.68. The smallest absolute Gasteiger partial charge is 0.331 e. The molecule has 3 rings (SSSR count). The van der Waals surface area contributed by atoms with E-state index in [-0.39, 0.29) is 41.9 Å². The molecule has 0 aliphatic carbocycles. The maximum absolute atomic E-state index is 13.2. The van der Waals surface area contributed by atoms with E-state index in [1.165, 1.54) is 37.5 Å². The molecule has 33 heavy (non-hydrogen) atoms. The first kappa shape index (κ1) is 27.2. The van der Waals surface area contributed by atoms with Crippen molar-refractivity contribution in [1.29, 1.82) is 5.26 Å². The molecule has 0 spiro atoms. The maximum Gasteiger partial charge on any atom is 0.331 e. The first-order valence-electron chi connectivity index (χ1n) is 10.9. The Morgan fingerprint density at radius 2 is 2.00 bits per heavy atom. The summed E-state index contributed by atoms with van der Waals surface area (Å²) in [5, 5.41) is 14.2. The molecule has 0 bridgehead atoms. The van der Waals surface area contributed by atoms with Crippen molar-refractivity contribution in [3.05, 3.63) is 23.8 Å². The van der Waals surface area contributed by atoms with Crippen LogP contribution in [-0.4, -0.2) is 74.1 Å². The van der Waals surface area contributed by atoms with E-state index in [2.05, 4.69) is 15.5 Å². The second-order valence-corrected chi connectivity index (χ2v) is 10.9. The van der Waals surface area contributed by atoms with Gasteiger partial charge in [-0.25, -0.2) is 17.5 Å². The number of likely N-dealkylation sites (tertiary alicyclic amines) is 1. The molecule has 182 valence electrons. The second-order valence-electron chi connectivity index (χ2n) is 7.79. The fraction of sp³-hybridized carbons (Fsp3) is 0.571. The van der Waals surface area contributed by atoms with Crippen LogP contribution in [0.3, 0.4) is 0 Å². The number of piperidine rings is 1. The summed E-state index contributed by atoms with van der Waals surface area (Å²) in [5.41, 5.74) is 0.173. The third-order valence-corrected chi connectivity index (χ3v) is 8.96. The quantitative estimate of drug-likeness (QED) is 0.483. The predicted molar refractivity (Wildman–Crippen MR) is 129 cm³/mol. The number of hydrogen-bond acceptors (Lipinski definition) is 7. The van der Waals surface area contributed by atoms with Crippen LogP contribution in [0, 0.1) is 11.3 Å². The summed E-state index contributed by atoms with van der Waals surface area (Å²) in [6.45, 7) is 5.58. The van der Waals surface area contributed by atoms with Gasteiger partial charge in [-0.05, 0) is 50.6 Å². The Bertz CT molecular complexity index is 993. The van der Waals surface area contributed by atoms with Crippen molar-refractivity contribution < 1.29 is 18.0 Å².